The van der Waals surface area contributed by atoms with E-state index in [0.29, 0.717) is 11.8 Å². The topological polar surface area (TPSA) is 70.8 Å². The van der Waals surface area contributed by atoms with Crippen LogP contribution < -0.4 is 16.0 Å². The first-order valence-corrected chi connectivity index (χ1v) is 11.1. The molecular formula is C23H36N4O2. The minimum Gasteiger partial charge on any atom is -0.446 e. The summed E-state index contributed by atoms with van der Waals surface area (Å²) in [7, 11) is 0. The van der Waals surface area contributed by atoms with Crippen LogP contribution in [0.4, 0.5) is 16.2 Å². The molecule has 2 saturated heterocycles. The Kier molecular flexibility index (Phi) is 5.65. The highest BCUT2D eigenvalue weighted by molar-refractivity contribution is 5.68. The smallest absolute Gasteiger partial charge is 0.407 e. The summed E-state index contributed by atoms with van der Waals surface area (Å²) in [6.07, 6.45) is 3.69. The van der Waals surface area contributed by atoms with Crippen LogP contribution in [0.15, 0.2) is 24.3 Å². The van der Waals surface area contributed by atoms with Gasteiger partial charge in [0.05, 0.1) is 0 Å². The predicted molar refractivity (Wildman–Crippen MR) is 117 cm³/mol. The fourth-order valence-corrected chi connectivity index (χ4v) is 4.91. The molecule has 0 spiro atoms. The molecule has 6 heteroatoms. The summed E-state index contributed by atoms with van der Waals surface area (Å²) in [5.74, 6) is 1.92. The summed E-state index contributed by atoms with van der Waals surface area (Å²) in [5.41, 5.74) is 7.68. The number of nitrogens with zero attached hydrogens (tertiary/aromatic N) is 2. The van der Waals surface area contributed by atoms with Crippen LogP contribution in [0.1, 0.15) is 40.0 Å². The Bertz CT molecular complexity index is 695. The van der Waals surface area contributed by atoms with Crippen molar-refractivity contribution in [3.63, 3.8) is 0 Å². The van der Waals surface area contributed by atoms with E-state index in [1.54, 1.807) is 0 Å². The maximum absolute atomic E-state index is 11.9. The van der Waals surface area contributed by atoms with E-state index >= 15 is 0 Å². The minimum atomic E-state index is -0.267. The Labute approximate surface area is 174 Å². The normalized spacial score (nSPS) is 27.6. The number of likely N-dealkylation sites (tertiary alicyclic amines) is 1. The summed E-state index contributed by atoms with van der Waals surface area (Å²) in [5, 5.41) is 2.89. The first-order valence-electron chi connectivity index (χ1n) is 11.1. The molecule has 2 heterocycles. The molecule has 0 radical (unpaired) electrons. The second-order valence-corrected chi connectivity index (χ2v) is 10.1. The number of carbonyl (C=O) groups excluding carboxylic acids is 1. The summed E-state index contributed by atoms with van der Waals surface area (Å²) < 4.78 is 5.62. The highest BCUT2D eigenvalue weighted by Gasteiger charge is 2.58. The highest BCUT2D eigenvalue weighted by atomic mass is 16.6. The van der Waals surface area contributed by atoms with Gasteiger partial charge in [0, 0.05) is 54.9 Å². The van der Waals surface area contributed by atoms with Gasteiger partial charge >= 0.3 is 6.09 Å². The Morgan fingerprint density at radius 2 is 1.76 bits per heavy atom. The Hall–Kier alpha value is -1.95. The molecule has 0 aromatic heterocycles. The van der Waals surface area contributed by atoms with Gasteiger partial charge in [-0.15, -0.1) is 0 Å². The number of nitrogens with two attached hydrogens (primary N) is 1. The van der Waals surface area contributed by atoms with Crippen molar-refractivity contribution in [1.82, 2.24) is 10.2 Å². The molecule has 3 N–H and O–H groups in total. The number of anilines is 2. The molecular weight excluding hydrogens is 364 g/mol. The number of benzene rings is 1. The lowest BCUT2D eigenvalue weighted by Crippen LogP contribution is -2.42. The number of hydrogen-bond donors (Lipinski definition) is 2. The third kappa shape index (κ3) is 5.16. The Morgan fingerprint density at radius 1 is 1.14 bits per heavy atom. The van der Waals surface area contributed by atoms with Gasteiger partial charge in [0.1, 0.15) is 6.10 Å². The molecule has 2 unspecified atom stereocenters. The van der Waals surface area contributed by atoms with Crippen LogP contribution in [0, 0.1) is 17.8 Å². The van der Waals surface area contributed by atoms with E-state index in [9.17, 15) is 4.79 Å². The van der Waals surface area contributed by atoms with Crippen molar-refractivity contribution in [3.8, 4) is 0 Å². The van der Waals surface area contributed by atoms with E-state index < -0.39 is 0 Å². The first-order chi connectivity index (χ1) is 13.8. The number of nitrogens with one attached hydrogen (secondary N) is 1. The SMILES string of the molecule is CC(C)(C)NC(=O)OC1C2CN(CCC3CCN(c4ccc(N)cc4)CC3)CC21. The van der Waals surface area contributed by atoms with Crippen LogP contribution in [0.5, 0.6) is 0 Å². The number of hydrogen-bond acceptors (Lipinski definition) is 5. The summed E-state index contributed by atoms with van der Waals surface area (Å²) in [6, 6.07) is 8.24. The van der Waals surface area contributed by atoms with Crippen LogP contribution in [-0.4, -0.2) is 55.4 Å². The molecule has 1 amide bonds. The molecule has 0 bridgehead atoms. The number of fused-ring (bicyclic) bond motifs is 1. The third-order valence-electron chi connectivity index (χ3n) is 6.64. The van der Waals surface area contributed by atoms with Crippen molar-refractivity contribution in [2.24, 2.45) is 17.8 Å². The molecule has 4 rings (SSSR count). The number of alkyl carbamates (subject to hydrolysis) is 1. The van der Waals surface area contributed by atoms with Gasteiger partial charge in [-0.3, -0.25) is 0 Å². The zero-order valence-corrected chi connectivity index (χ0v) is 18.1. The molecule has 2 aliphatic heterocycles. The highest BCUT2D eigenvalue weighted by Crippen LogP contribution is 2.48. The van der Waals surface area contributed by atoms with Crippen LogP contribution in [0.25, 0.3) is 0 Å². The number of rotatable bonds is 5. The third-order valence-corrected chi connectivity index (χ3v) is 6.64. The lowest BCUT2D eigenvalue weighted by molar-refractivity contribution is 0.107. The Balaban J connectivity index is 1.12. The van der Waals surface area contributed by atoms with Gasteiger partial charge < -0.3 is 25.6 Å². The van der Waals surface area contributed by atoms with E-state index in [-0.39, 0.29) is 17.7 Å². The molecule has 2 atom stereocenters. The van der Waals surface area contributed by atoms with Gasteiger partial charge in [0.15, 0.2) is 0 Å². The summed E-state index contributed by atoms with van der Waals surface area (Å²) in [6.45, 7) is 11.6. The summed E-state index contributed by atoms with van der Waals surface area (Å²) >= 11 is 0. The van der Waals surface area contributed by atoms with Gasteiger partial charge in [-0.2, -0.15) is 0 Å². The molecule has 1 aromatic carbocycles. The second-order valence-electron chi connectivity index (χ2n) is 10.1. The van der Waals surface area contributed by atoms with Crippen molar-refractivity contribution in [3.05, 3.63) is 24.3 Å². The van der Waals surface area contributed by atoms with Crippen molar-refractivity contribution >= 4 is 17.5 Å². The largest absolute Gasteiger partial charge is 0.446 e. The van der Waals surface area contributed by atoms with Gasteiger partial charge in [-0.25, -0.2) is 4.79 Å². The number of amides is 1. The standard InChI is InChI=1S/C23H36N4O2/c1-23(2,3)25-22(28)29-21-19-14-26(15-20(19)21)11-8-16-9-12-27(13-10-16)18-6-4-17(24)5-7-18/h4-7,16,19-21H,8-15,24H2,1-3H3,(H,25,28). The van der Waals surface area contributed by atoms with E-state index in [1.807, 2.05) is 32.9 Å². The number of piperidine rings is 2. The van der Waals surface area contributed by atoms with Crippen molar-refractivity contribution in [1.29, 1.82) is 0 Å². The lowest BCUT2D eigenvalue weighted by atomic mass is 9.93. The maximum atomic E-state index is 11.9. The zero-order valence-electron chi connectivity index (χ0n) is 18.1. The number of ether oxygens (including phenoxy) is 1. The monoisotopic (exact) mass is 400 g/mol. The summed E-state index contributed by atoms with van der Waals surface area (Å²) in [4.78, 5) is 17.0. The van der Waals surface area contributed by atoms with Crippen LogP contribution in [0.3, 0.4) is 0 Å². The first kappa shape index (κ1) is 20.3. The quantitative estimate of drug-likeness (QED) is 0.742. The molecule has 1 aromatic rings. The van der Waals surface area contributed by atoms with Gasteiger partial charge in [-0.05, 0) is 76.8 Å². The second kappa shape index (κ2) is 8.05. The fraction of sp³-hybridized carbons (Fsp3) is 0.696. The van der Waals surface area contributed by atoms with E-state index in [2.05, 4.69) is 27.2 Å². The molecule has 3 fully saturated rings. The molecule has 29 heavy (non-hydrogen) atoms. The Morgan fingerprint density at radius 3 is 2.34 bits per heavy atom. The average molecular weight is 401 g/mol. The zero-order chi connectivity index (χ0) is 20.6. The lowest BCUT2D eigenvalue weighted by Gasteiger charge is -2.34. The van der Waals surface area contributed by atoms with Gasteiger partial charge in [0.25, 0.3) is 0 Å². The van der Waals surface area contributed by atoms with E-state index in [4.69, 9.17) is 10.5 Å². The van der Waals surface area contributed by atoms with Crippen molar-refractivity contribution in [2.45, 2.75) is 51.7 Å². The van der Waals surface area contributed by atoms with Crippen LogP contribution >= 0.6 is 0 Å². The molecule has 1 aliphatic carbocycles. The van der Waals surface area contributed by atoms with E-state index in [1.165, 1.54) is 31.5 Å². The molecule has 160 valence electrons. The van der Waals surface area contributed by atoms with Crippen molar-refractivity contribution < 1.29 is 9.53 Å². The van der Waals surface area contributed by atoms with Crippen LogP contribution in [0.2, 0.25) is 0 Å². The molecule has 3 aliphatic rings. The van der Waals surface area contributed by atoms with Gasteiger partial charge in [0.2, 0.25) is 0 Å². The fourth-order valence-electron chi connectivity index (χ4n) is 4.91. The van der Waals surface area contributed by atoms with Crippen LogP contribution in [-0.2, 0) is 4.74 Å². The van der Waals surface area contributed by atoms with E-state index in [0.717, 1.165) is 37.8 Å². The number of nitrogen functional groups attached to an aromatic ring is 1. The molecule has 1 saturated carbocycles. The molecule has 6 nitrogen and oxygen atoms in total. The minimum absolute atomic E-state index is 0.136. The average Bonchev–Trinajstić information content (AvgIpc) is 3.10. The van der Waals surface area contributed by atoms with Crippen molar-refractivity contribution in [2.75, 3.05) is 43.4 Å². The number of carbonyl (C=O) groups is 1. The predicted octanol–water partition coefficient (Wildman–Crippen LogP) is 3.33. The maximum Gasteiger partial charge on any atom is 0.407 e. The van der Waals surface area contributed by atoms with Gasteiger partial charge in [-0.1, -0.05) is 0 Å².